The van der Waals surface area contributed by atoms with Gasteiger partial charge in [-0.1, -0.05) is 26.2 Å². The lowest BCUT2D eigenvalue weighted by molar-refractivity contribution is 0.247. The minimum atomic E-state index is 0.853. The van der Waals surface area contributed by atoms with Crippen LogP contribution in [-0.4, -0.2) is 16.3 Å². The number of halogens is 1. The van der Waals surface area contributed by atoms with Crippen molar-refractivity contribution in [2.75, 3.05) is 6.54 Å². The van der Waals surface area contributed by atoms with Gasteiger partial charge in [0.25, 0.3) is 0 Å². The van der Waals surface area contributed by atoms with Crippen LogP contribution in [-0.2, 0) is 13.1 Å². The summed E-state index contributed by atoms with van der Waals surface area (Å²) in [6.45, 7) is 9.60. The van der Waals surface area contributed by atoms with E-state index in [4.69, 9.17) is 0 Å². The molecule has 0 saturated heterocycles. The maximum absolute atomic E-state index is 4.54. The summed E-state index contributed by atoms with van der Waals surface area (Å²) in [5.41, 5.74) is 2.37. The highest BCUT2D eigenvalue weighted by Gasteiger charge is 2.21. The molecule has 1 aromatic rings. The second-order valence-corrected chi connectivity index (χ2v) is 6.61. The minimum absolute atomic E-state index is 0.853. The van der Waals surface area contributed by atoms with Gasteiger partial charge in [0.15, 0.2) is 0 Å². The van der Waals surface area contributed by atoms with Crippen LogP contribution in [0.2, 0.25) is 0 Å². The molecule has 0 aromatic carbocycles. The van der Waals surface area contributed by atoms with Crippen LogP contribution < -0.4 is 5.32 Å². The minimum Gasteiger partial charge on any atom is -0.311 e. The third-order valence-corrected chi connectivity index (χ3v) is 5.47. The van der Waals surface area contributed by atoms with Crippen molar-refractivity contribution in [2.24, 2.45) is 11.8 Å². The average molecular weight is 328 g/mol. The Morgan fingerprint density at radius 1 is 1.37 bits per heavy atom. The number of aryl methyl sites for hydroxylation is 2. The van der Waals surface area contributed by atoms with Crippen molar-refractivity contribution in [1.82, 2.24) is 15.1 Å². The Morgan fingerprint density at radius 2 is 2.11 bits per heavy atom. The first-order chi connectivity index (χ1) is 9.13. The molecule has 2 unspecified atom stereocenters. The van der Waals surface area contributed by atoms with E-state index in [9.17, 15) is 0 Å². The lowest BCUT2D eigenvalue weighted by Gasteiger charge is -2.28. The van der Waals surface area contributed by atoms with Crippen molar-refractivity contribution in [3.8, 4) is 0 Å². The van der Waals surface area contributed by atoms with E-state index in [1.54, 1.807) is 0 Å². The van der Waals surface area contributed by atoms with Gasteiger partial charge in [-0.3, -0.25) is 4.68 Å². The molecular formula is C15H26BrN3. The summed E-state index contributed by atoms with van der Waals surface area (Å²) in [6, 6.07) is 0. The van der Waals surface area contributed by atoms with Crippen LogP contribution in [0.5, 0.6) is 0 Å². The fourth-order valence-corrected chi connectivity index (χ4v) is 3.53. The Hall–Kier alpha value is -0.350. The summed E-state index contributed by atoms with van der Waals surface area (Å²) in [5, 5.41) is 8.18. The number of hydrogen-bond acceptors (Lipinski definition) is 2. The second kappa shape index (κ2) is 6.89. The van der Waals surface area contributed by atoms with Crippen LogP contribution in [0.1, 0.15) is 50.9 Å². The standard InChI is InChI=1S/C15H26BrN3/c1-4-19-14(15(16)12(3)18-19)10-17-9-13-8-6-5-7-11(13)2/h11,13,17H,4-10H2,1-3H3. The van der Waals surface area contributed by atoms with Gasteiger partial charge in [-0.25, -0.2) is 0 Å². The number of nitrogens with zero attached hydrogens (tertiary/aromatic N) is 2. The molecule has 108 valence electrons. The van der Waals surface area contributed by atoms with Crippen LogP contribution in [0.25, 0.3) is 0 Å². The van der Waals surface area contributed by atoms with Crippen molar-refractivity contribution in [1.29, 1.82) is 0 Å². The molecule has 2 rings (SSSR count). The van der Waals surface area contributed by atoms with Gasteiger partial charge in [0, 0.05) is 13.1 Å². The molecule has 4 heteroatoms. The van der Waals surface area contributed by atoms with E-state index >= 15 is 0 Å². The molecule has 1 aliphatic rings. The molecule has 3 nitrogen and oxygen atoms in total. The van der Waals surface area contributed by atoms with Gasteiger partial charge in [-0.2, -0.15) is 5.10 Å². The highest BCUT2D eigenvalue weighted by atomic mass is 79.9. The first kappa shape index (κ1) is 15.0. The lowest BCUT2D eigenvalue weighted by atomic mass is 9.80. The van der Waals surface area contributed by atoms with Gasteiger partial charge in [-0.15, -0.1) is 0 Å². The third kappa shape index (κ3) is 3.60. The van der Waals surface area contributed by atoms with Crippen molar-refractivity contribution in [3.63, 3.8) is 0 Å². The van der Waals surface area contributed by atoms with Crippen LogP contribution in [0.4, 0.5) is 0 Å². The first-order valence-electron chi connectivity index (χ1n) is 7.56. The summed E-state index contributed by atoms with van der Waals surface area (Å²) < 4.78 is 3.26. The molecule has 1 N–H and O–H groups in total. The smallest absolute Gasteiger partial charge is 0.0739 e. The van der Waals surface area contributed by atoms with E-state index in [1.165, 1.54) is 35.8 Å². The van der Waals surface area contributed by atoms with Gasteiger partial charge in [0.2, 0.25) is 0 Å². The van der Waals surface area contributed by atoms with E-state index < -0.39 is 0 Å². The van der Waals surface area contributed by atoms with Crippen LogP contribution in [0, 0.1) is 18.8 Å². The van der Waals surface area contributed by atoms with E-state index in [0.29, 0.717) is 0 Å². The molecule has 0 aliphatic heterocycles. The Kier molecular flexibility index (Phi) is 5.46. The maximum Gasteiger partial charge on any atom is 0.0739 e. The molecule has 2 atom stereocenters. The van der Waals surface area contributed by atoms with Gasteiger partial charge < -0.3 is 5.32 Å². The summed E-state index contributed by atoms with van der Waals surface area (Å²) in [5.74, 6) is 1.73. The van der Waals surface area contributed by atoms with E-state index in [2.05, 4.69) is 51.8 Å². The molecule has 0 amide bonds. The van der Waals surface area contributed by atoms with E-state index in [0.717, 1.165) is 37.2 Å². The van der Waals surface area contributed by atoms with Gasteiger partial charge >= 0.3 is 0 Å². The zero-order chi connectivity index (χ0) is 13.8. The largest absolute Gasteiger partial charge is 0.311 e. The molecule has 0 spiro atoms. The molecule has 0 radical (unpaired) electrons. The van der Waals surface area contributed by atoms with E-state index in [-0.39, 0.29) is 0 Å². The maximum atomic E-state index is 4.54. The fourth-order valence-electron chi connectivity index (χ4n) is 3.11. The normalized spacial score (nSPS) is 23.8. The van der Waals surface area contributed by atoms with Gasteiger partial charge in [0.1, 0.15) is 0 Å². The molecule has 0 bridgehead atoms. The van der Waals surface area contributed by atoms with Gasteiger partial charge in [0.05, 0.1) is 15.9 Å². The molecule has 1 aliphatic carbocycles. The van der Waals surface area contributed by atoms with E-state index in [1.807, 2.05) is 0 Å². The highest BCUT2D eigenvalue weighted by molar-refractivity contribution is 9.10. The summed E-state index contributed by atoms with van der Waals surface area (Å²) in [4.78, 5) is 0. The SMILES string of the molecule is CCn1nc(C)c(Br)c1CNCC1CCCCC1C. The number of nitrogens with one attached hydrogen (secondary N) is 1. The predicted molar refractivity (Wildman–Crippen MR) is 83.2 cm³/mol. The highest BCUT2D eigenvalue weighted by Crippen LogP contribution is 2.29. The predicted octanol–water partition coefficient (Wildman–Crippen LogP) is 3.89. The fraction of sp³-hybridized carbons (Fsp3) is 0.800. The molecule has 19 heavy (non-hydrogen) atoms. The third-order valence-electron chi connectivity index (χ3n) is 4.44. The monoisotopic (exact) mass is 327 g/mol. The Balaban J connectivity index is 1.88. The van der Waals surface area contributed by atoms with Crippen LogP contribution >= 0.6 is 15.9 Å². The van der Waals surface area contributed by atoms with Crippen LogP contribution in [0.15, 0.2) is 4.47 Å². The van der Waals surface area contributed by atoms with Crippen molar-refractivity contribution < 1.29 is 0 Å². The second-order valence-electron chi connectivity index (χ2n) is 5.81. The van der Waals surface area contributed by atoms with Crippen LogP contribution in [0.3, 0.4) is 0 Å². The zero-order valence-corrected chi connectivity index (χ0v) is 14.0. The summed E-state index contributed by atoms with van der Waals surface area (Å²) in [6.07, 6.45) is 5.63. The van der Waals surface area contributed by atoms with Crippen molar-refractivity contribution in [3.05, 3.63) is 15.9 Å². The molecular weight excluding hydrogens is 302 g/mol. The Morgan fingerprint density at radius 3 is 2.79 bits per heavy atom. The Labute approximate surface area is 125 Å². The quantitative estimate of drug-likeness (QED) is 0.889. The first-order valence-corrected chi connectivity index (χ1v) is 8.35. The zero-order valence-electron chi connectivity index (χ0n) is 12.4. The average Bonchev–Trinajstić information content (AvgIpc) is 2.68. The molecule has 1 fully saturated rings. The number of aromatic nitrogens is 2. The summed E-state index contributed by atoms with van der Waals surface area (Å²) in [7, 11) is 0. The molecule has 1 aromatic heterocycles. The number of rotatable bonds is 5. The van der Waals surface area contributed by atoms with Crippen molar-refractivity contribution in [2.45, 2.75) is 59.5 Å². The topological polar surface area (TPSA) is 29.9 Å². The molecule has 1 saturated carbocycles. The molecule has 1 heterocycles. The lowest BCUT2D eigenvalue weighted by Crippen LogP contribution is -2.29. The van der Waals surface area contributed by atoms with Crippen molar-refractivity contribution >= 4 is 15.9 Å². The number of hydrogen-bond donors (Lipinski definition) is 1. The summed E-state index contributed by atoms with van der Waals surface area (Å²) >= 11 is 3.66. The Bertz CT molecular complexity index is 414. The van der Waals surface area contributed by atoms with Gasteiger partial charge in [-0.05, 0) is 54.6 Å².